The Hall–Kier alpha value is -2.67. The molecule has 0 spiro atoms. The monoisotopic (exact) mass is 352 g/mol. The quantitative estimate of drug-likeness (QED) is 0.636. The summed E-state index contributed by atoms with van der Waals surface area (Å²) in [7, 11) is 0. The van der Waals surface area contributed by atoms with Crippen molar-refractivity contribution in [3.05, 3.63) is 41.6 Å². The number of carbonyl (C=O) groups excluding carboxylic acids is 1. The molecule has 1 aromatic carbocycles. The van der Waals surface area contributed by atoms with Crippen LogP contribution in [0.15, 0.2) is 30.5 Å². The molecule has 2 heterocycles. The third kappa shape index (κ3) is 3.94. The molecule has 7 nitrogen and oxygen atoms in total. The van der Waals surface area contributed by atoms with E-state index in [4.69, 9.17) is 5.73 Å². The summed E-state index contributed by atoms with van der Waals surface area (Å²) in [6.07, 6.45) is 6.07. The summed E-state index contributed by atoms with van der Waals surface area (Å²) in [4.78, 5) is 20.3. The molecule has 0 unspecified atom stereocenters. The van der Waals surface area contributed by atoms with Gasteiger partial charge < -0.3 is 21.7 Å². The molecule has 1 aliphatic carbocycles. The molecule has 2 fully saturated rings. The van der Waals surface area contributed by atoms with Crippen molar-refractivity contribution in [1.29, 1.82) is 0 Å². The van der Waals surface area contributed by atoms with Crippen LogP contribution in [-0.4, -0.2) is 35.0 Å². The first-order chi connectivity index (χ1) is 12.7. The highest BCUT2D eigenvalue weighted by atomic mass is 16.1. The van der Waals surface area contributed by atoms with Crippen molar-refractivity contribution in [2.45, 2.75) is 37.6 Å². The molecule has 7 heteroatoms. The van der Waals surface area contributed by atoms with E-state index < -0.39 is 5.91 Å². The van der Waals surface area contributed by atoms with Crippen LogP contribution in [0.25, 0.3) is 0 Å². The molecule has 2 aromatic rings. The van der Waals surface area contributed by atoms with Crippen molar-refractivity contribution < 1.29 is 4.79 Å². The number of nitrogens with zero attached hydrogens (tertiary/aromatic N) is 2. The fraction of sp³-hybridized carbons (Fsp3) is 0.421. The SMILES string of the molecule is NC(=O)c1cnc(NC2CC2)nc1Nc1ccc(C2CCNCC2)cc1. The lowest BCUT2D eigenvalue weighted by Crippen LogP contribution is -2.26. The number of rotatable bonds is 6. The van der Waals surface area contributed by atoms with E-state index in [9.17, 15) is 4.79 Å². The summed E-state index contributed by atoms with van der Waals surface area (Å²) in [5, 5.41) is 9.85. The molecule has 1 aromatic heterocycles. The molecular formula is C19H24N6O. The lowest BCUT2D eigenvalue weighted by atomic mass is 9.90. The molecule has 0 atom stereocenters. The van der Waals surface area contributed by atoms with Gasteiger partial charge in [0, 0.05) is 17.9 Å². The van der Waals surface area contributed by atoms with Gasteiger partial charge in [0.1, 0.15) is 11.4 Å². The zero-order chi connectivity index (χ0) is 17.9. The lowest BCUT2D eigenvalue weighted by molar-refractivity contribution is 0.100. The van der Waals surface area contributed by atoms with Crippen LogP contribution in [0.4, 0.5) is 17.5 Å². The second kappa shape index (κ2) is 7.29. The Labute approximate surface area is 152 Å². The predicted molar refractivity (Wildman–Crippen MR) is 102 cm³/mol. The van der Waals surface area contributed by atoms with Gasteiger partial charge in [0.25, 0.3) is 5.91 Å². The minimum atomic E-state index is -0.545. The zero-order valence-corrected chi connectivity index (χ0v) is 14.7. The number of anilines is 3. The summed E-state index contributed by atoms with van der Waals surface area (Å²) in [5.41, 5.74) is 7.98. The molecule has 4 rings (SSSR count). The van der Waals surface area contributed by atoms with Gasteiger partial charge in [0.05, 0.1) is 0 Å². The molecule has 5 N–H and O–H groups in total. The molecule has 0 radical (unpaired) electrons. The van der Waals surface area contributed by atoms with Gasteiger partial charge in [0.2, 0.25) is 5.95 Å². The first kappa shape index (κ1) is 16.8. The van der Waals surface area contributed by atoms with Gasteiger partial charge in [0.15, 0.2) is 0 Å². The Morgan fingerprint density at radius 1 is 1.12 bits per heavy atom. The molecular weight excluding hydrogens is 328 g/mol. The van der Waals surface area contributed by atoms with Gasteiger partial charge in [-0.25, -0.2) is 4.98 Å². The van der Waals surface area contributed by atoms with E-state index in [-0.39, 0.29) is 5.56 Å². The van der Waals surface area contributed by atoms with Gasteiger partial charge in [-0.2, -0.15) is 4.98 Å². The Kier molecular flexibility index (Phi) is 4.71. The number of nitrogens with two attached hydrogens (primary N) is 1. The average molecular weight is 352 g/mol. The smallest absolute Gasteiger partial charge is 0.254 e. The van der Waals surface area contributed by atoms with Crippen molar-refractivity contribution in [2.75, 3.05) is 23.7 Å². The van der Waals surface area contributed by atoms with Crippen molar-refractivity contribution >= 4 is 23.4 Å². The normalized spacial score (nSPS) is 17.7. The Morgan fingerprint density at radius 3 is 2.50 bits per heavy atom. The van der Waals surface area contributed by atoms with E-state index in [1.807, 2.05) is 12.1 Å². The third-order valence-corrected chi connectivity index (χ3v) is 4.95. The standard InChI is InChI=1S/C19H24N6O/c20-17(26)16-11-22-19(24-15-5-6-15)25-18(16)23-14-3-1-12(2-4-14)13-7-9-21-10-8-13/h1-4,11,13,15,21H,5-10H2,(H2,20,26)(H2,22,23,24,25). The molecule has 2 aliphatic rings. The number of carbonyl (C=O) groups is 1. The largest absolute Gasteiger partial charge is 0.365 e. The van der Waals surface area contributed by atoms with Crippen molar-refractivity contribution in [3.63, 3.8) is 0 Å². The van der Waals surface area contributed by atoms with Crippen LogP contribution in [0, 0.1) is 0 Å². The lowest BCUT2D eigenvalue weighted by Gasteiger charge is -2.23. The zero-order valence-electron chi connectivity index (χ0n) is 14.7. The Balaban J connectivity index is 1.52. The number of nitrogens with one attached hydrogen (secondary N) is 3. The summed E-state index contributed by atoms with van der Waals surface area (Å²) >= 11 is 0. The summed E-state index contributed by atoms with van der Waals surface area (Å²) in [6.45, 7) is 2.15. The number of hydrogen-bond donors (Lipinski definition) is 4. The van der Waals surface area contributed by atoms with Crippen molar-refractivity contribution in [3.8, 4) is 0 Å². The summed E-state index contributed by atoms with van der Waals surface area (Å²) < 4.78 is 0. The first-order valence-electron chi connectivity index (χ1n) is 9.20. The van der Waals surface area contributed by atoms with E-state index in [2.05, 4.69) is 38.1 Å². The van der Waals surface area contributed by atoms with Crippen LogP contribution in [0.1, 0.15) is 47.5 Å². The van der Waals surface area contributed by atoms with Gasteiger partial charge in [-0.3, -0.25) is 4.79 Å². The molecule has 26 heavy (non-hydrogen) atoms. The van der Waals surface area contributed by atoms with Gasteiger partial charge in [-0.05, 0) is 62.4 Å². The topological polar surface area (TPSA) is 105 Å². The average Bonchev–Trinajstić information content (AvgIpc) is 3.47. The number of hydrogen-bond acceptors (Lipinski definition) is 6. The van der Waals surface area contributed by atoms with Crippen LogP contribution in [0.5, 0.6) is 0 Å². The van der Waals surface area contributed by atoms with Crippen LogP contribution in [0.3, 0.4) is 0 Å². The number of aromatic nitrogens is 2. The second-order valence-corrected chi connectivity index (χ2v) is 7.01. The molecule has 0 bridgehead atoms. The second-order valence-electron chi connectivity index (χ2n) is 7.01. The Bertz CT molecular complexity index is 781. The fourth-order valence-electron chi connectivity index (χ4n) is 3.27. The van der Waals surface area contributed by atoms with Gasteiger partial charge in [-0.1, -0.05) is 12.1 Å². The predicted octanol–water partition coefficient (Wildman–Crippen LogP) is 2.36. The minimum absolute atomic E-state index is 0.286. The number of primary amides is 1. The molecule has 1 saturated heterocycles. The highest BCUT2D eigenvalue weighted by Crippen LogP contribution is 2.28. The fourth-order valence-corrected chi connectivity index (χ4v) is 3.27. The highest BCUT2D eigenvalue weighted by molar-refractivity contribution is 5.98. The van der Waals surface area contributed by atoms with Crippen molar-refractivity contribution in [2.24, 2.45) is 5.73 Å². The molecule has 1 amide bonds. The van der Waals surface area contributed by atoms with E-state index in [0.717, 1.165) is 31.6 Å². The minimum Gasteiger partial charge on any atom is -0.365 e. The maximum atomic E-state index is 11.7. The maximum absolute atomic E-state index is 11.7. The van der Waals surface area contributed by atoms with E-state index in [0.29, 0.717) is 23.7 Å². The van der Waals surface area contributed by atoms with Crippen LogP contribution in [-0.2, 0) is 0 Å². The third-order valence-electron chi connectivity index (χ3n) is 4.95. The van der Waals surface area contributed by atoms with Crippen LogP contribution in [0.2, 0.25) is 0 Å². The summed E-state index contributed by atoms with van der Waals surface area (Å²) in [6, 6.07) is 8.78. The van der Waals surface area contributed by atoms with Crippen LogP contribution < -0.4 is 21.7 Å². The van der Waals surface area contributed by atoms with E-state index in [1.165, 1.54) is 24.6 Å². The van der Waals surface area contributed by atoms with Crippen molar-refractivity contribution in [1.82, 2.24) is 15.3 Å². The van der Waals surface area contributed by atoms with Gasteiger partial charge in [-0.15, -0.1) is 0 Å². The highest BCUT2D eigenvalue weighted by Gasteiger charge is 2.23. The Morgan fingerprint density at radius 2 is 1.85 bits per heavy atom. The number of piperidine rings is 1. The van der Waals surface area contributed by atoms with E-state index in [1.54, 1.807) is 0 Å². The number of amides is 1. The molecule has 1 saturated carbocycles. The first-order valence-corrected chi connectivity index (χ1v) is 9.20. The van der Waals surface area contributed by atoms with Gasteiger partial charge >= 0.3 is 0 Å². The molecule has 136 valence electrons. The summed E-state index contributed by atoms with van der Waals surface area (Å²) in [5.74, 6) is 1.02. The van der Waals surface area contributed by atoms with Crippen LogP contribution >= 0.6 is 0 Å². The number of benzene rings is 1. The van der Waals surface area contributed by atoms with E-state index >= 15 is 0 Å². The maximum Gasteiger partial charge on any atom is 0.254 e. The molecule has 1 aliphatic heterocycles.